The van der Waals surface area contributed by atoms with Crippen molar-refractivity contribution in [3.63, 3.8) is 0 Å². The van der Waals surface area contributed by atoms with Gasteiger partial charge in [0.25, 0.3) is 5.91 Å². The quantitative estimate of drug-likeness (QED) is 0.539. The highest BCUT2D eigenvalue weighted by molar-refractivity contribution is 5.86. The lowest BCUT2D eigenvalue weighted by atomic mass is 10.2. The Kier molecular flexibility index (Phi) is 6.19. The largest absolute Gasteiger partial charge is 0.508 e. The molecule has 2 aromatic rings. The molecule has 2 aromatic carbocycles. The van der Waals surface area contributed by atoms with Gasteiger partial charge in [0.1, 0.15) is 17.5 Å². The number of hydrogen-bond donors (Lipinski definition) is 3. The maximum absolute atomic E-state index is 12.0. The van der Waals surface area contributed by atoms with Gasteiger partial charge in [-0.25, -0.2) is 5.43 Å². The smallest absolute Gasteiger partial charge is 0.262 e. The van der Waals surface area contributed by atoms with Gasteiger partial charge in [-0.05, 0) is 67.9 Å². The van der Waals surface area contributed by atoms with E-state index in [2.05, 4.69) is 15.8 Å². The Balaban J connectivity index is 1.84. The summed E-state index contributed by atoms with van der Waals surface area (Å²) in [6, 6.07) is 13.5. The van der Waals surface area contributed by atoms with Gasteiger partial charge in [0.05, 0.1) is 12.8 Å². The lowest BCUT2D eigenvalue weighted by Crippen LogP contribution is -2.34. The minimum atomic E-state index is -0.445. The molecule has 6 heteroatoms. The number of nitrogens with zero attached hydrogens (tertiary/aromatic N) is 1. The molecule has 0 saturated heterocycles. The minimum Gasteiger partial charge on any atom is -0.508 e. The summed E-state index contributed by atoms with van der Waals surface area (Å²) in [4.78, 5) is 12.0. The first-order chi connectivity index (χ1) is 11.6. The molecule has 6 nitrogen and oxygen atoms in total. The number of phenolic OH excluding ortho intramolecular Hbond substituents is 1. The van der Waals surface area contributed by atoms with Crippen LogP contribution in [0.4, 0.5) is 5.69 Å². The van der Waals surface area contributed by atoms with Gasteiger partial charge in [-0.1, -0.05) is 0 Å². The molecular weight excluding hydrogens is 306 g/mol. The number of phenols is 1. The van der Waals surface area contributed by atoms with Crippen LogP contribution in [-0.4, -0.2) is 29.9 Å². The number of nitrogens with one attached hydrogen (secondary N) is 2. The Labute approximate surface area is 141 Å². The number of benzene rings is 2. The molecule has 2 rings (SSSR count). The zero-order valence-electron chi connectivity index (χ0n) is 13.7. The van der Waals surface area contributed by atoms with Gasteiger partial charge in [0, 0.05) is 5.69 Å². The van der Waals surface area contributed by atoms with E-state index in [-0.39, 0.29) is 11.7 Å². The van der Waals surface area contributed by atoms with Gasteiger partial charge in [0.15, 0.2) is 0 Å². The third-order valence-corrected chi connectivity index (χ3v) is 3.22. The Morgan fingerprint density at radius 2 is 1.88 bits per heavy atom. The Morgan fingerprint density at radius 1 is 1.21 bits per heavy atom. The highest BCUT2D eigenvalue weighted by atomic mass is 16.5. The number of ether oxygens (including phenoxy) is 1. The minimum absolute atomic E-state index is 0.185. The fraction of sp³-hybridized carbons (Fsp3) is 0.222. The number of aromatic hydroxyl groups is 1. The van der Waals surface area contributed by atoms with Crippen molar-refractivity contribution in [1.29, 1.82) is 0 Å². The van der Waals surface area contributed by atoms with Crippen molar-refractivity contribution < 1.29 is 14.6 Å². The lowest BCUT2D eigenvalue weighted by Gasteiger charge is -2.13. The van der Waals surface area contributed by atoms with Crippen molar-refractivity contribution in [3.8, 4) is 11.5 Å². The SMILES string of the molecule is CCOc1ccc(N[C@H](C)C(=O)N/N=C\c2ccc(O)cc2)cc1. The number of rotatable bonds is 7. The van der Waals surface area contributed by atoms with Gasteiger partial charge in [-0.15, -0.1) is 0 Å². The normalized spacial score (nSPS) is 11.9. The van der Waals surface area contributed by atoms with Crippen LogP contribution in [0.3, 0.4) is 0 Å². The second-order valence-corrected chi connectivity index (χ2v) is 5.15. The van der Waals surface area contributed by atoms with Crippen LogP contribution in [0.1, 0.15) is 19.4 Å². The first-order valence-electron chi connectivity index (χ1n) is 7.70. The zero-order valence-corrected chi connectivity index (χ0v) is 13.7. The molecule has 1 atom stereocenters. The molecule has 24 heavy (non-hydrogen) atoms. The van der Waals surface area contributed by atoms with E-state index in [9.17, 15) is 9.90 Å². The van der Waals surface area contributed by atoms with E-state index in [1.807, 2.05) is 31.2 Å². The highest BCUT2D eigenvalue weighted by Crippen LogP contribution is 2.16. The number of anilines is 1. The third-order valence-electron chi connectivity index (χ3n) is 3.22. The molecule has 0 saturated carbocycles. The van der Waals surface area contributed by atoms with E-state index >= 15 is 0 Å². The highest BCUT2D eigenvalue weighted by Gasteiger charge is 2.11. The maximum atomic E-state index is 12.0. The summed E-state index contributed by atoms with van der Waals surface area (Å²) in [7, 11) is 0. The average Bonchev–Trinajstić information content (AvgIpc) is 2.58. The fourth-order valence-corrected chi connectivity index (χ4v) is 1.96. The molecule has 0 fully saturated rings. The van der Waals surface area contributed by atoms with Crippen LogP contribution in [-0.2, 0) is 4.79 Å². The molecule has 0 bridgehead atoms. The number of carbonyl (C=O) groups is 1. The molecule has 1 amide bonds. The van der Waals surface area contributed by atoms with E-state index in [1.54, 1.807) is 31.2 Å². The molecule has 0 aliphatic rings. The third kappa shape index (κ3) is 5.31. The summed E-state index contributed by atoms with van der Waals surface area (Å²) in [5, 5.41) is 16.2. The summed E-state index contributed by atoms with van der Waals surface area (Å²) in [6.45, 7) is 4.30. The number of hydrogen-bond acceptors (Lipinski definition) is 5. The van der Waals surface area contributed by atoms with Crippen LogP contribution in [0, 0.1) is 0 Å². The molecule has 0 unspecified atom stereocenters. The van der Waals surface area contributed by atoms with E-state index in [1.165, 1.54) is 6.21 Å². The summed E-state index contributed by atoms with van der Waals surface area (Å²) in [5.41, 5.74) is 4.08. The summed E-state index contributed by atoms with van der Waals surface area (Å²) < 4.78 is 5.37. The van der Waals surface area contributed by atoms with Gasteiger partial charge in [-0.3, -0.25) is 4.79 Å². The first-order valence-corrected chi connectivity index (χ1v) is 7.70. The van der Waals surface area contributed by atoms with E-state index in [0.29, 0.717) is 6.61 Å². The van der Waals surface area contributed by atoms with Crippen LogP contribution in [0.25, 0.3) is 0 Å². The van der Waals surface area contributed by atoms with Crippen molar-refractivity contribution in [1.82, 2.24) is 5.43 Å². The van der Waals surface area contributed by atoms with Crippen molar-refractivity contribution in [3.05, 3.63) is 54.1 Å². The Bertz CT molecular complexity index is 682. The first kappa shape index (κ1) is 17.3. The van der Waals surface area contributed by atoms with Crippen molar-refractivity contribution in [2.75, 3.05) is 11.9 Å². The fourth-order valence-electron chi connectivity index (χ4n) is 1.96. The van der Waals surface area contributed by atoms with Crippen LogP contribution < -0.4 is 15.5 Å². The lowest BCUT2D eigenvalue weighted by molar-refractivity contribution is -0.121. The van der Waals surface area contributed by atoms with Gasteiger partial charge >= 0.3 is 0 Å². The topological polar surface area (TPSA) is 83.0 Å². The second-order valence-electron chi connectivity index (χ2n) is 5.15. The molecule has 3 N–H and O–H groups in total. The Morgan fingerprint density at radius 3 is 2.50 bits per heavy atom. The van der Waals surface area contributed by atoms with E-state index in [4.69, 9.17) is 4.74 Å². The Hall–Kier alpha value is -3.02. The maximum Gasteiger partial charge on any atom is 0.262 e. The van der Waals surface area contributed by atoms with Crippen LogP contribution >= 0.6 is 0 Å². The predicted octanol–water partition coefficient (Wildman–Crippen LogP) is 2.74. The molecule has 0 radical (unpaired) electrons. The molecule has 0 heterocycles. The molecule has 0 aliphatic carbocycles. The second kappa shape index (κ2) is 8.57. The molecular formula is C18H21N3O3. The summed E-state index contributed by atoms with van der Waals surface area (Å²) in [5.74, 6) is 0.724. The number of carbonyl (C=O) groups excluding carboxylic acids is 1. The predicted molar refractivity (Wildman–Crippen MR) is 94.5 cm³/mol. The molecule has 0 aromatic heterocycles. The summed E-state index contributed by atoms with van der Waals surface area (Å²) in [6.07, 6.45) is 1.51. The number of amides is 1. The van der Waals surface area contributed by atoms with Crippen molar-refractivity contribution >= 4 is 17.8 Å². The van der Waals surface area contributed by atoms with Crippen molar-refractivity contribution in [2.24, 2.45) is 5.10 Å². The number of hydrazone groups is 1. The summed E-state index contributed by atoms with van der Waals surface area (Å²) >= 11 is 0. The van der Waals surface area contributed by atoms with Crippen molar-refractivity contribution in [2.45, 2.75) is 19.9 Å². The molecule has 0 spiro atoms. The van der Waals surface area contributed by atoms with Gasteiger partial charge in [0.2, 0.25) is 0 Å². The molecule has 0 aliphatic heterocycles. The zero-order chi connectivity index (χ0) is 17.4. The molecule has 126 valence electrons. The monoisotopic (exact) mass is 327 g/mol. The van der Waals surface area contributed by atoms with Crippen LogP contribution in [0.5, 0.6) is 11.5 Å². The van der Waals surface area contributed by atoms with Gasteiger partial charge in [-0.2, -0.15) is 5.10 Å². The van der Waals surface area contributed by atoms with E-state index in [0.717, 1.165) is 17.0 Å². The van der Waals surface area contributed by atoms with Crippen LogP contribution in [0.2, 0.25) is 0 Å². The average molecular weight is 327 g/mol. The van der Waals surface area contributed by atoms with Gasteiger partial charge < -0.3 is 15.2 Å². The van der Waals surface area contributed by atoms with Crippen LogP contribution in [0.15, 0.2) is 53.6 Å². The van der Waals surface area contributed by atoms with E-state index < -0.39 is 6.04 Å². The standard InChI is InChI=1S/C18H21N3O3/c1-3-24-17-10-6-15(7-11-17)20-13(2)18(23)21-19-12-14-4-8-16(22)9-5-14/h4-13,20,22H,3H2,1-2H3,(H,21,23)/b19-12-/t13-/m1/s1.